The molecule has 1 aliphatic heterocycles. The second-order valence-corrected chi connectivity index (χ2v) is 4.40. The quantitative estimate of drug-likeness (QED) is 0.644. The van der Waals surface area contributed by atoms with Crippen LogP contribution < -0.4 is 5.32 Å². The molecule has 1 N–H and O–H groups in total. The number of amides is 1. The molecular weight excluding hydrogens is 226 g/mol. The highest BCUT2D eigenvalue weighted by atomic mass is 32.1. The number of anilines is 1. The summed E-state index contributed by atoms with van der Waals surface area (Å²) in [5.74, 6) is -0.317. The summed E-state index contributed by atoms with van der Waals surface area (Å²) >= 11 is 1.46. The summed E-state index contributed by atoms with van der Waals surface area (Å²) in [7, 11) is 0. The molecule has 0 unspecified atom stereocenters. The number of rotatable bonds is 3. The second-order valence-electron chi connectivity index (χ2n) is 3.31. The third-order valence-electron chi connectivity index (χ3n) is 2.10. The van der Waals surface area contributed by atoms with Gasteiger partial charge in [-0.25, -0.2) is 4.79 Å². The Hall–Kier alpha value is -1.62. The first-order valence-corrected chi connectivity index (χ1v) is 5.78. The van der Waals surface area contributed by atoms with Crippen LogP contribution >= 0.6 is 11.3 Å². The molecule has 1 aromatic heterocycles. The van der Waals surface area contributed by atoms with Crippen LogP contribution in [0.1, 0.15) is 17.4 Å². The van der Waals surface area contributed by atoms with Gasteiger partial charge in [0.1, 0.15) is 0 Å². The fraction of sp³-hybridized carbons (Fsp3) is 0.273. The Morgan fingerprint density at radius 1 is 1.69 bits per heavy atom. The molecule has 1 aliphatic rings. The Balaban J connectivity index is 2.04. The number of ether oxygens (including phenoxy) is 1. The van der Waals surface area contributed by atoms with E-state index >= 15 is 0 Å². The van der Waals surface area contributed by atoms with Crippen molar-refractivity contribution in [1.82, 2.24) is 0 Å². The fourth-order valence-corrected chi connectivity index (χ4v) is 2.45. The first-order valence-electron chi connectivity index (χ1n) is 4.96. The van der Waals surface area contributed by atoms with Crippen LogP contribution in [-0.2, 0) is 20.7 Å². The van der Waals surface area contributed by atoms with Crippen molar-refractivity contribution in [3.8, 4) is 0 Å². The molecule has 0 atom stereocenters. The lowest BCUT2D eigenvalue weighted by molar-refractivity contribution is -0.137. The summed E-state index contributed by atoms with van der Waals surface area (Å²) in [4.78, 5) is 23.0. The van der Waals surface area contributed by atoms with Gasteiger partial charge in [-0.1, -0.05) is 0 Å². The molecule has 0 radical (unpaired) electrons. The van der Waals surface area contributed by atoms with Crippen molar-refractivity contribution in [1.29, 1.82) is 0 Å². The first kappa shape index (κ1) is 10.9. The molecule has 0 saturated carbocycles. The third kappa shape index (κ3) is 2.30. The minimum atomic E-state index is -0.347. The van der Waals surface area contributed by atoms with Crippen molar-refractivity contribution in [2.24, 2.45) is 0 Å². The second kappa shape index (κ2) is 4.49. The maximum atomic E-state index is 11.1. The number of esters is 1. The van der Waals surface area contributed by atoms with E-state index in [0.717, 1.165) is 15.4 Å². The van der Waals surface area contributed by atoms with E-state index in [1.807, 2.05) is 6.07 Å². The minimum Gasteiger partial charge on any atom is -0.463 e. The number of fused-ring (bicyclic) bond motifs is 1. The molecular formula is C11H11NO3S. The highest BCUT2D eigenvalue weighted by Crippen LogP contribution is 2.33. The normalized spacial score (nSPS) is 13.9. The minimum absolute atomic E-state index is 0.0298. The van der Waals surface area contributed by atoms with E-state index in [2.05, 4.69) is 5.32 Å². The molecule has 2 rings (SSSR count). The van der Waals surface area contributed by atoms with Gasteiger partial charge in [-0.2, -0.15) is 0 Å². The van der Waals surface area contributed by atoms with Gasteiger partial charge in [0, 0.05) is 11.0 Å². The molecule has 1 amide bonds. The predicted octanol–water partition coefficient (Wildman–Crippen LogP) is 1.82. The summed E-state index contributed by atoms with van der Waals surface area (Å²) < 4.78 is 4.77. The van der Waals surface area contributed by atoms with Gasteiger partial charge in [-0.05, 0) is 24.6 Å². The van der Waals surface area contributed by atoms with E-state index in [-0.39, 0.29) is 11.9 Å². The number of hydrogen-bond donors (Lipinski definition) is 1. The zero-order chi connectivity index (χ0) is 11.5. The SMILES string of the molecule is CCOC(=O)/C=C/c1cc2c(s1)NC(=O)C2. The van der Waals surface area contributed by atoms with Gasteiger partial charge in [0.25, 0.3) is 0 Å². The van der Waals surface area contributed by atoms with E-state index in [1.54, 1.807) is 13.0 Å². The van der Waals surface area contributed by atoms with Gasteiger partial charge in [0.15, 0.2) is 0 Å². The summed E-state index contributed by atoms with van der Waals surface area (Å²) in [5.41, 5.74) is 0.999. The van der Waals surface area contributed by atoms with Crippen LogP contribution in [0.2, 0.25) is 0 Å². The van der Waals surface area contributed by atoms with E-state index in [1.165, 1.54) is 17.4 Å². The standard InChI is InChI=1S/C11H11NO3S/c1-2-15-10(14)4-3-8-5-7-6-9(13)12-11(7)16-8/h3-5H,2,6H2,1H3,(H,12,13)/b4-3+. The van der Waals surface area contributed by atoms with Crippen molar-refractivity contribution in [2.45, 2.75) is 13.3 Å². The molecule has 5 heteroatoms. The Labute approximate surface area is 96.9 Å². The van der Waals surface area contributed by atoms with E-state index < -0.39 is 0 Å². The smallest absolute Gasteiger partial charge is 0.330 e. The van der Waals surface area contributed by atoms with Gasteiger partial charge < -0.3 is 10.1 Å². The van der Waals surface area contributed by atoms with Gasteiger partial charge >= 0.3 is 5.97 Å². The van der Waals surface area contributed by atoms with Crippen LogP contribution in [0.15, 0.2) is 12.1 Å². The first-order chi connectivity index (χ1) is 7.69. The van der Waals surface area contributed by atoms with Crippen LogP contribution in [0.25, 0.3) is 6.08 Å². The fourth-order valence-electron chi connectivity index (χ4n) is 1.45. The molecule has 16 heavy (non-hydrogen) atoms. The van der Waals surface area contributed by atoms with Gasteiger partial charge in [-0.3, -0.25) is 4.79 Å². The summed E-state index contributed by atoms with van der Waals surface area (Å²) in [6, 6.07) is 1.91. The Bertz CT molecular complexity index is 436. The van der Waals surface area contributed by atoms with Crippen molar-refractivity contribution < 1.29 is 14.3 Å². The highest BCUT2D eigenvalue weighted by molar-refractivity contribution is 7.17. The van der Waals surface area contributed by atoms with Crippen LogP contribution in [-0.4, -0.2) is 18.5 Å². The lowest BCUT2D eigenvalue weighted by atomic mass is 10.2. The third-order valence-corrected chi connectivity index (χ3v) is 3.16. The van der Waals surface area contributed by atoms with E-state index in [0.29, 0.717) is 13.0 Å². The molecule has 0 aliphatic carbocycles. The number of carbonyl (C=O) groups is 2. The molecule has 0 bridgehead atoms. The molecule has 0 spiro atoms. The number of nitrogens with one attached hydrogen (secondary N) is 1. The number of thiophene rings is 1. The summed E-state index contributed by atoms with van der Waals surface area (Å²) in [6.45, 7) is 2.14. The van der Waals surface area contributed by atoms with E-state index in [4.69, 9.17) is 4.74 Å². The number of hydrogen-bond acceptors (Lipinski definition) is 4. The predicted molar refractivity (Wildman–Crippen MR) is 62.3 cm³/mol. The zero-order valence-corrected chi connectivity index (χ0v) is 9.60. The zero-order valence-electron chi connectivity index (χ0n) is 8.78. The lowest BCUT2D eigenvalue weighted by Gasteiger charge is -1.93. The average Bonchev–Trinajstić information content (AvgIpc) is 2.71. The molecule has 84 valence electrons. The average molecular weight is 237 g/mol. The molecule has 1 aromatic rings. The Morgan fingerprint density at radius 3 is 3.19 bits per heavy atom. The van der Waals surface area contributed by atoms with Gasteiger partial charge in [0.05, 0.1) is 18.0 Å². The Kier molecular flexibility index (Phi) is 3.05. The topological polar surface area (TPSA) is 55.4 Å². The molecule has 0 fully saturated rings. The monoisotopic (exact) mass is 237 g/mol. The van der Waals surface area contributed by atoms with Crippen molar-refractivity contribution >= 4 is 34.3 Å². The van der Waals surface area contributed by atoms with Crippen LogP contribution in [0.4, 0.5) is 5.00 Å². The van der Waals surface area contributed by atoms with Crippen LogP contribution in [0, 0.1) is 0 Å². The lowest BCUT2D eigenvalue weighted by Crippen LogP contribution is -2.03. The van der Waals surface area contributed by atoms with Crippen LogP contribution in [0.5, 0.6) is 0 Å². The highest BCUT2D eigenvalue weighted by Gasteiger charge is 2.19. The van der Waals surface area contributed by atoms with Crippen LogP contribution in [0.3, 0.4) is 0 Å². The largest absolute Gasteiger partial charge is 0.463 e. The maximum absolute atomic E-state index is 11.1. The van der Waals surface area contributed by atoms with Gasteiger partial charge in [0.2, 0.25) is 5.91 Å². The van der Waals surface area contributed by atoms with Crippen molar-refractivity contribution in [2.75, 3.05) is 11.9 Å². The molecule has 2 heterocycles. The summed E-state index contributed by atoms with van der Waals surface area (Å²) in [6.07, 6.45) is 3.53. The maximum Gasteiger partial charge on any atom is 0.330 e. The summed E-state index contributed by atoms with van der Waals surface area (Å²) in [5, 5.41) is 3.64. The van der Waals surface area contributed by atoms with Crippen molar-refractivity contribution in [3.05, 3.63) is 22.6 Å². The van der Waals surface area contributed by atoms with Gasteiger partial charge in [-0.15, -0.1) is 11.3 Å². The number of carbonyl (C=O) groups excluding carboxylic acids is 2. The van der Waals surface area contributed by atoms with Crippen molar-refractivity contribution in [3.63, 3.8) is 0 Å². The molecule has 0 aromatic carbocycles. The van der Waals surface area contributed by atoms with E-state index in [9.17, 15) is 9.59 Å². The molecule has 4 nitrogen and oxygen atoms in total. The Morgan fingerprint density at radius 2 is 2.50 bits per heavy atom. The molecule has 0 saturated heterocycles.